The van der Waals surface area contributed by atoms with Gasteiger partial charge in [0.25, 0.3) is 0 Å². The van der Waals surface area contributed by atoms with Crippen molar-refractivity contribution in [2.45, 2.75) is 47.0 Å². The third-order valence-electron chi connectivity index (χ3n) is 3.74. The lowest BCUT2D eigenvalue weighted by Crippen LogP contribution is -2.31. The fourth-order valence-corrected chi connectivity index (χ4v) is 1.74. The van der Waals surface area contributed by atoms with Gasteiger partial charge in [0, 0.05) is 0 Å². The molecule has 0 aromatic heterocycles. The van der Waals surface area contributed by atoms with Gasteiger partial charge < -0.3 is 9.47 Å². The van der Waals surface area contributed by atoms with E-state index in [4.69, 9.17) is 9.47 Å². The van der Waals surface area contributed by atoms with Crippen LogP contribution in [0.2, 0.25) is 0 Å². The number of esters is 2. The summed E-state index contributed by atoms with van der Waals surface area (Å²) in [6, 6.07) is 0. The fraction of sp³-hybridized carbons (Fsp3) is 0.579. The van der Waals surface area contributed by atoms with Crippen molar-refractivity contribution in [2.24, 2.45) is 11.8 Å². The Kier molecular flexibility index (Phi) is 10.8. The molecule has 0 N–H and O–H groups in total. The van der Waals surface area contributed by atoms with Crippen LogP contribution in [0.1, 0.15) is 47.0 Å². The molecular weight excluding hydrogens is 292 g/mol. The molecule has 0 aromatic rings. The van der Waals surface area contributed by atoms with E-state index in [2.05, 4.69) is 13.2 Å². The smallest absolute Gasteiger partial charge is 0.310 e. The Morgan fingerprint density at radius 2 is 1.48 bits per heavy atom. The number of hydrogen-bond donors (Lipinski definition) is 0. The number of carbonyl (C=O) groups is 2. The van der Waals surface area contributed by atoms with Gasteiger partial charge in [-0.15, -0.1) is 0 Å². The first-order valence-electron chi connectivity index (χ1n) is 8.14. The zero-order valence-electron chi connectivity index (χ0n) is 14.9. The maximum Gasteiger partial charge on any atom is 0.310 e. The van der Waals surface area contributed by atoms with Gasteiger partial charge in [0.15, 0.2) is 0 Å². The lowest BCUT2D eigenvalue weighted by Gasteiger charge is -2.20. The molecule has 130 valence electrons. The van der Waals surface area contributed by atoms with Gasteiger partial charge in [-0.05, 0) is 37.3 Å². The summed E-state index contributed by atoms with van der Waals surface area (Å²) in [7, 11) is 0. The van der Waals surface area contributed by atoms with Gasteiger partial charge in [0.1, 0.15) is 13.2 Å². The molecule has 4 nitrogen and oxygen atoms in total. The van der Waals surface area contributed by atoms with E-state index in [0.717, 1.165) is 24.0 Å². The molecule has 0 heterocycles. The van der Waals surface area contributed by atoms with Crippen LogP contribution in [0.15, 0.2) is 36.5 Å². The molecule has 2 unspecified atom stereocenters. The second-order valence-corrected chi connectivity index (χ2v) is 5.62. The lowest BCUT2D eigenvalue weighted by molar-refractivity contribution is -0.159. The van der Waals surface area contributed by atoms with E-state index in [1.54, 1.807) is 6.92 Å². The highest BCUT2D eigenvalue weighted by molar-refractivity contribution is 5.82. The lowest BCUT2D eigenvalue weighted by atomic mass is 9.90. The quantitative estimate of drug-likeness (QED) is 0.422. The molecule has 0 aliphatic rings. The van der Waals surface area contributed by atoms with Crippen molar-refractivity contribution in [3.05, 3.63) is 36.5 Å². The zero-order valence-corrected chi connectivity index (χ0v) is 14.9. The minimum Gasteiger partial charge on any atom is -0.461 e. The first-order valence-corrected chi connectivity index (χ1v) is 8.14. The molecule has 4 heteroatoms. The minimum absolute atomic E-state index is 0.191. The minimum atomic E-state index is -0.571. The molecule has 0 aliphatic heterocycles. The maximum atomic E-state index is 12.3. The maximum absolute atomic E-state index is 12.3. The van der Waals surface area contributed by atoms with Crippen LogP contribution in [0.4, 0.5) is 0 Å². The van der Waals surface area contributed by atoms with E-state index < -0.39 is 23.8 Å². The Balaban J connectivity index is 4.78. The topological polar surface area (TPSA) is 52.6 Å². The van der Waals surface area contributed by atoms with E-state index in [-0.39, 0.29) is 13.2 Å². The predicted octanol–water partition coefficient (Wildman–Crippen LogP) is 4.22. The SMILES string of the molecule is C=C(CC)COC(=O)C(C)C(CC=CC)C(=O)OCC(=C)CC. The molecule has 0 spiro atoms. The van der Waals surface area contributed by atoms with Crippen molar-refractivity contribution in [1.82, 2.24) is 0 Å². The van der Waals surface area contributed by atoms with Crippen LogP contribution in [0.25, 0.3) is 0 Å². The van der Waals surface area contributed by atoms with E-state index in [1.807, 2.05) is 32.9 Å². The molecule has 23 heavy (non-hydrogen) atoms. The zero-order chi connectivity index (χ0) is 17.8. The number of allylic oxidation sites excluding steroid dienone is 2. The van der Waals surface area contributed by atoms with Gasteiger partial charge in [0.2, 0.25) is 0 Å². The Bertz CT molecular complexity index is 448. The highest BCUT2D eigenvalue weighted by atomic mass is 16.5. The number of ether oxygens (including phenoxy) is 2. The molecule has 0 fully saturated rings. The Morgan fingerprint density at radius 3 is 1.91 bits per heavy atom. The molecule has 0 aliphatic carbocycles. The molecule has 0 radical (unpaired) electrons. The van der Waals surface area contributed by atoms with E-state index >= 15 is 0 Å². The molecule has 2 atom stereocenters. The molecule has 0 saturated carbocycles. The molecule has 0 rings (SSSR count). The van der Waals surface area contributed by atoms with Crippen molar-refractivity contribution in [2.75, 3.05) is 13.2 Å². The summed E-state index contributed by atoms with van der Waals surface area (Å²) < 4.78 is 10.5. The summed E-state index contributed by atoms with van der Waals surface area (Å²) in [5.41, 5.74) is 1.69. The third kappa shape index (κ3) is 8.38. The molecule has 0 bridgehead atoms. The van der Waals surface area contributed by atoms with E-state index in [1.165, 1.54) is 0 Å². The van der Waals surface area contributed by atoms with Crippen molar-refractivity contribution in [1.29, 1.82) is 0 Å². The van der Waals surface area contributed by atoms with Gasteiger partial charge >= 0.3 is 11.9 Å². The van der Waals surface area contributed by atoms with E-state index in [0.29, 0.717) is 6.42 Å². The molecule has 0 amide bonds. The predicted molar refractivity (Wildman–Crippen MR) is 92.9 cm³/mol. The highest BCUT2D eigenvalue weighted by Gasteiger charge is 2.31. The summed E-state index contributed by atoms with van der Waals surface area (Å²) in [6.07, 6.45) is 5.66. The number of rotatable bonds is 11. The number of carbonyl (C=O) groups excluding carboxylic acids is 2. The van der Waals surface area contributed by atoms with Gasteiger partial charge in [-0.2, -0.15) is 0 Å². The van der Waals surface area contributed by atoms with E-state index in [9.17, 15) is 9.59 Å². The monoisotopic (exact) mass is 322 g/mol. The summed E-state index contributed by atoms with van der Waals surface area (Å²) in [4.78, 5) is 24.4. The highest BCUT2D eigenvalue weighted by Crippen LogP contribution is 2.21. The Morgan fingerprint density at radius 1 is 1.00 bits per heavy atom. The summed E-state index contributed by atoms with van der Waals surface area (Å²) >= 11 is 0. The Hall–Kier alpha value is -1.84. The van der Waals surface area contributed by atoms with Gasteiger partial charge in [-0.25, -0.2) is 0 Å². The third-order valence-corrected chi connectivity index (χ3v) is 3.74. The van der Waals surface area contributed by atoms with Gasteiger partial charge in [-0.1, -0.05) is 46.1 Å². The van der Waals surface area contributed by atoms with Crippen LogP contribution in [0.5, 0.6) is 0 Å². The summed E-state index contributed by atoms with van der Waals surface area (Å²) in [5.74, 6) is -1.92. The largest absolute Gasteiger partial charge is 0.461 e. The standard InChI is InChI=1S/C19H30O4/c1-7-10-11-17(19(21)23-13-15(5)9-3)16(6)18(20)22-12-14(4)8-2/h7,10,16-17H,4-5,8-9,11-13H2,1-3,6H3. The van der Waals surface area contributed by atoms with Crippen molar-refractivity contribution in [3.63, 3.8) is 0 Å². The fourth-order valence-electron chi connectivity index (χ4n) is 1.74. The van der Waals surface area contributed by atoms with Crippen LogP contribution in [0, 0.1) is 11.8 Å². The van der Waals surface area contributed by atoms with Crippen LogP contribution < -0.4 is 0 Å². The molecular formula is C19H30O4. The van der Waals surface area contributed by atoms with Gasteiger partial charge in [-0.3, -0.25) is 9.59 Å². The average Bonchev–Trinajstić information content (AvgIpc) is 2.56. The normalized spacial score (nSPS) is 13.4. The van der Waals surface area contributed by atoms with Crippen LogP contribution >= 0.6 is 0 Å². The van der Waals surface area contributed by atoms with Crippen molar-refractivity contribution in [3.8, 4) is 0 Å². The van der Waals surface area contributed by atoms with Crippen LogP contribution in [-0.2, 0) is 19.1 Å². The van der Waals surface area contributed by atoms with Crippen LogP contribution in [0.3, 0.4) is 0 Å². The van der Waals surface area contributed by atoms with Crippen LogP contribution in [-0.4, -0.2) is 25.2 Å². The molecule has 0 saturated heterocycles. The van der Waals surface area contributed by atoms with Crippen molar-refractivity contribution < 1.29 is 19.1 Å². The summed E-state index contributed by atoms with van der Waals surface area (Å²) in [6.45, 7) is 15.5. The summed E-state index contributed by atoms with van der Waals surface area (Å²) in [5, 5.41) is 0. The average molecular weight is 322 g/mol. The van der Waals surface area contributed by atoms with Gasteiger partial charge in [0.05, 0.1) is 11.8 Å². The number of hydrogen-bond acceptors (Lipinski definition) is 4. The van der Waals surface area contributed by atoms with Crippen molar-refractivity contribution >= 4 is 11.9 Å². The molecule has 0 aromatic carbocycles. The second kappa shape index (κ2) is 11.7. The first kappa shape index (κ1) is 21.2. The first-order chi connectivity index (χ1) is 10.9. The second-order valence-electron chi connectivity index (χ2n) is 5.62. The Labute approximate surface area is 140 Å².